The minimum Gasteiger partial charge on any atom is -0.480 e. The summed E-state index contributed by atoms with van der Waals surface area (Å²) < 4.78 is 1.68. The van der Waals surface area contributed by atoms with Gasteiger partial charge < -0.3 is 15.4 Å². The molecule has 0 unspecified atom stereocenters. The van der Waals surface area contributed by atoms with Gasteiger partial charge >= 0.3 is 5.97 Å². The first-order chi connectivity index (χ1) is 10.1. The van der Waals surface area contributed by atoms with Crippen LogP contribution in [0, 0.1) is 6.92 Å². The van der Waals surface area contributed by atoms with Gasteiger partial charge in [-0.05, 0) is 19.1 Å². The molecule has 3 rings (SSSR count). The predicted molar refractivity (Wildman–Crippen MR) is 82.0 cm³/mol. The van der Waals surface area contributed by atoms with E-state index in [0.717, 1.165) is 16.6 Å². The summed E-state index contributed by atoms with van der Waals surface area (Å²) in [7, 11) is 0. The number of hydrogen-bond donors (Lipinski definition) is 2. The van der Waals surface area contributed by atoms with Gasteiger partial charge in [0.25, 0.3) is 0 Å². The van der Waals surface area contributed by atoms with Crippen LogP contribution in [0.2, 0.25) is 0 Å². The molecular formula is C16H15N3O2. The average Bonchev–Trinajstić information content (AvgIpc) is 2.80. The van der Waals surface area contributed by atoms with Crippen molar-refractivity contribution in [3.8, 4) is 11.4 Å². The number of aryl methyl sites for hydroxylation is 1. The highest BCUT2D eigenvalue weighted by molar-refractivity contribution is 5.91. The Bertz CT molecular complexity index is 819. The second-order valence-electron chi connectivity index (χ2n) is 5.00. The van der Waals surface area contributed by atoms with Gasteiger partial charge in [0.05, 0.1) is 11.2 Å². The van der Waals surface area contributed by atoms with E-state index >= 15 is 0 Å². The molecule has 3 N–H and O–H groups in total. The van der Waals surface area contributed by atoms with Gasteiger partial charge in [-0.3, -0.25) is 4.79 Å². The highest BCUT2D eigenvalue weighted by atomic mass is 16.4. The number of carboxylic acid groups (broad SMARTS) is 1. The van der Waals surface area contributed by atoms with E-state index < -0.39 is 5.97 Å². The van der Waals surface area contributed by atoms with Crippen molar-refractivity contribution in [1.82, 2.24) is 9.55 Å². The number of benzene rings is 2. The Morgan fingerprint density at radius 1 is 1.24 bits per heavy atom. The zero-order valence-electron chi connectivity index (χ0n) is 11.6. The lowest BCUT2D eigenvalue weighted by molar-refractivity contribution is -0.137. The zero-order valence-corrected chi connectivity index (χ0v) is 11.6. The van der Waals surface area contributed by atoms with Crippen LogP contribution in [0.25, 0.3) is 22.4 Å². The Kier molecular flexibility index (Phi) is 3.10. The van der Waals surface area contributed by atoms with Crippen molar-refractivity contribution >= 4 is 22.7 Å². The fraction of sp³-hybridized carbons (Fsp3) is 0.125. The van der Waals surface area contributed by atoms with Crippen molar-refractivity contribution < 1.29 is 9.90 Å². The number of carbonyl (C=O) groups is 1. The van der Waals surface area contributed by atoms with Crippen molar-refractivity contribution in [2.24, 2.45) is 0 Å². The molecule has 5 heteroatoms. The lowest BCUT2D eigenvalue weighted by atomic mass is 10.1. The van der Waals surface area contributed by atoms with Crippen LogP contribution >= 0.6 is 0 Å². The molecule has 106 valence electrons. The van der Waals surface area contributed by atoms with E-state index in [4.69, 9.17) is 10.8 Å². The fourth-order valence-corrected chi connectivity index (χ4v) is 2.39. The van der Waals surface area contributed by atoms with Gasteiger partial charge in [0.15, 0.2) is 0 Å². The number of anilines is 1. The summed E-state index contributed by atoms with van der Waals surface area (Å²) in [6.45, 7) is 1.85. The maximum atomic E-state index is 11.2. The summed E-state index contributed by atoms with van der Waals surface area (Å²) in [5, 5.41) is 9.15. The number of imidazole rings is 1. The maximum absolute atomic E-state index is 11.2. The molecule has 21 heavy (non-hydrogen) atoms. The van der Waals surface area contributed by atoms with Crippen LogP contribution in [0.5, 0.6) is 0 Å². The molecule has 0 spiro atoms. The molecule has 0 radical (unpaired) electrons. The van der Waals surface area contributed by atoms with Crippen LogP contribution in [0.3, 0.4) is 0 Å². The molecule has 2 aromatic carbocycles. The van der Waals surface area contributed by atoms with Crippen LogP contribution in [0.4, 0.5) is 5.69 Å². The summed E-state index contributed by atoms with van der Waals surface area (Å²) in [5.41, 5.74) is 9.87. The zero-order chi connectivity index (χ0) is 15.0. The number of carboxylic acids is 1. The molecule has 0 atom stereocenters. The molecule has 0 amide bonds. The van der Waals surface area contributed by atoms with Crippen molar-refractivity contribution in [1.29, 1.82) is 0 Å². The number of nitrogens with zero attached hydrogens (tertiary/aromatic N) is 2. The average molecular weight is 281 g/mol. The molecule has 3 aromatic rings. The van der Waals surface area contributed by atoms with Crippen LogP contribution in [-0.4, -0.2) is 20.6 Å². The van der Waals surface area contributed by atoms with Crippen LogP contribution in [0.15, 0.2) is 42.5 Å². The molecule has 5 nitrogen and oxygen atoms in total. The monoisotopic (exact) mass is 281 g/mol. The van der Waals surface area contributed by atoms with E-state index in [1.807, 2.05) is 37.3 Å². The number of aromatic nitrogens is 2. The molecule has 1 aromatic heterocycles. The van der Waals surface area contributed by atoms with Crippen LogP contribution in [-0.2, 0) is 11.3 Å². The Hall–Kier alpha value is -2.82. The Morgan fingerprint density at radius 3 is 2.62 bits per heavy atom. The van der Waals surface area contributed by atoms with Crippen LogP contribution < -0.4 is 5.73 Å². The first kappa shape index (κ1) is 13.2. The van der Waals surface area contributed by atoms with E-state index in [-0.39, 0.29) is 6.54 Å². The van der Waals surface area contributed by atoms with E-state index in [2.05, 4.69) is 4.98 Å². The molecule has 0 bridgehead atoms. The summed E-state index contributed by atoms with van der Waals surface area (Å²) in [6, 6.07) is 13.2. The lowest BCUT2D eigenvalue weighted by Gasteiger charge is -2.06. The number of hydrogen-bond acceptors (Lipinski definition) is 3. The van der Waals surface area contributed by atoms with E-state index in [9.17, 15) is 4.79 Å². The van der Waals surface area contributed by atoms with E-state index in [1.165, 1.54) is 0 Å². The normalized spacial score (nSPS) is 10.9. The largest absolute Gasteiger partial charge is 0.480 e. The van der Waals surface area contributed by atoms with Crippen LogP contribution in [0.1, 0.15) is 5.56 Å². The number of fused-ring (bicyclic) bond motifs is 1. The number of aliphatic carboxylic acids is 1. The smallest absolute Gasteiger partial charge is 0.323 e. The van der Waals surface area contributed by atoms with Crippen molar-refractivity contribution in [2.75, 3.05) is 5.73 Å². The molecule has 0 aliphatic carbocycles. The van der Waals surface area contributed by atoms with Gasteiger partial charge in [-0.1, -0.05) is 35.9 Å². The molecule has 0 aliphatic rings. The Balaban J connectivity index is 2.27. The topological polar surface area (TPSA) is 81.1 Å². The Morgan fingerprint density at radius 2 is 1.95 bits per heavy atom. The van der Waals surface area contributed by atoms with Gasteiger partial charge in [-0.2, -0.15) is 0 Å². The summed E-state index contributed by atoms with van der Waals surface area (Å²) >= 11 is 0. The van der Waals surface area contributed by atoms with E-state index in [0.29, 0.717) is 17.0 Å². The Labute approximate surface area is 121 Å². The minimum absolute atomic E-state index is 0.150. The van der Waals surface area contributed by atoms with Crippen molar-refractivity contribution in [3.63, 3.8) is 0 Å². The highest BCUT2D eigenvalue weighted by Crippen LogP contribution is 2.28. The first-order valence-corrected chi connectivity index (χ1v) is 6.60. The predicted octanol–water partition coefficient (Wildman–Crippen LogP) is 2.68. The summed E-state index contributed by atoms with van der Waals surface area (Å²) in [5.74, 6) is -0.296. The third-order valence-electron chi connectivity index (χ3n) is 3.41. The first-order valence-electron chi connectivity index (χ1n) is 6.60. The van der Waals surface area contributed by atoms with Gasteiger partial charge in [0.2, 0.25) is 0 Å². The highest BCUT2D eigenvalue weighted by Gasteiger charge is 2.16. The van der Waals surface area contributed by atoms with Gasteiger partial charge in [-0.15, -0.1) is 0 Å². The number of rotatable bonds is 3. The summed E-state index contributed by atoms with van der Waals surface area (Å²) in [6.07, 6.45) is 0. The summed E-state index contributed by atoms with van der Waals surface area (Å²) in [4.78, 5) is 15.7. The quantitative estimate of drug-likeness (QED) is 0.723. The minimum atomic E-state index is -0.912. The molecule has 0 saturated carbocycles. The van der Waals surface area contributed by atoms with Gasteiger partial charge in [-0.25, -0.2) is 4.98 Å². The molecule has 1 heterocycles. The number of nitrogens with two attached hydrogens (primary N) is 1. The van der Waals surface area contributed by atoms with E-state index in [1.54, 1.807) is 16.7 Å². The second kappa shape index (κ2) is 4.94. The van der Waals surface area contributed by atoms with Crippen molar-refractivity contribution in [3.05, 3.63) is 48.0 Å². The maximum Gasteiger partial charge on any atom is 0.323 e. The second-order valence-corrected chi connectivity index (χ2v) is 5.00. The van der Waals surface area contributed by atoms with Gasteiger partial charge in [0.1, 0.15) is 17.9 Å². The molecular weight excluding hydrogens is 266 g/mol. The van der Waals surface area contributed by atoms with Crippen molar-refractivity contribution in [2.45, 2.75) is 13.5 Å². The third-order valence-corrected chi connectivity index (χ3v) is 3.41. The molecule has 0 saturated heterocycles. The molecule has 0 aliphatic heterocycles. The SMILES string of the molecule is Cc1ccc(-c2nc3c(N)cccc3n2CC(=O)O)cc1. The fourth-order valence-electron chi connectivity index (χ4n) is 2.39. The number of para-hydroxylation sites is 1. The number of nitrogen functional groups attached to an aromatic ring is 1. The van der Waals surface area contributed by atoms with Gasteiger partial charge in [0, 0.05) is 5.56 Å². The standard InChI is InChI=1S/C16H15N3O2/c1-10-5-7-11(8-6-10)16-18-15-12(17)3-2-4-13(15)19(16)9-14(20)21/h2-8H,9,17H2,1H3,(H,20,21). The lowest BCUT2D eigenvalue weighted by Crippen LogP contribution is -2.10. The molecule has 0 fully saturated rings. The third kappa shape index (κ3) is 2.33.